The van der Waals surface area contributed by atoms with Crippen LogP contribution >= 0.6 is 0 Å². The molecule has 1 fully saturated rings. The summed E-state index contributed by atoms with van der Waals surface area (Å²) in [5.41, 5.74) is 0.471. The van der Waals surface area contributed by atoms with Crippen molar-refractivity contribution in [3.8, 4) is 23.0 Å². The smallest absolute Gasteiger partial charge is 0.185 e. The highest BCUT2D eigenvalue weighted by Crippen LogP contribution is 2.36. The van der Waals surface area contributed by atoms with Gasteiger partial charge < -0.3 is 48.8 Å². The lowest BCUT2D eigenvalue weighted by Crippen LogP contribution is -2.55. The molecule has 0 unspecified atom stereocenters. The summed E-state index contributed by atoms with van der Waals surface area (Å²) in [6.07, 6.45) is -6.59. The van der Waals surface area contributed by atoms with Crippen molar-refractivity contribution >= 4 is 0 Å². The highest BCUT2D eigenvalue weighted by molar-refractivity contribution is 5.43. The van der Waals surface area contributed by atoms with Gasteiger partial charge in [-0.3, -0.25) is 0 Å². The number of aromatic hydroxyl groups is 1. The molecule has 1 heterocycles. The van der Waals surface area contributed by atoms with Gasteiger partial charge in [0.1, 0.15) is 24.4 Å². The zero-order valence-corrected chi connectivity index (χ0v) is 18.7. The molecule has 0 spiro atoms. The molecule has 0 aromatic heterocycles. The van der Waals surface area contributed by atoms with Crippen LogP contribution in [0.4, 0.5) is 0 Å². The van der Waals surface area contributed by atoms with Gasteiger partial charge in [0, 0.05) is 7.11 Å². The van der Waals surface area contributed by atoms with Crippen molar-refractivity contribution in [2.45, 2.75) is 36.8 Å². The van der Waals surface area contributed by atoms with E-state index in [0.29, 0.717) is 17.1 Å². The standard InChI is InChI=1S/C23H30O10/c1-28-16-6-4-5-7-17(16)32-19(11-24)21(13-8-9-14(25)18(10-13)29-2)33-22-15(26)12-31-23(30-3)20(22)27/h4-10,15,19-27H,11-12H2,1-3H3/t15-,19+,20-,21-,22+,23-/m1/s1. The SMILES string of the molecule is COc1cc([C@@H](O[C@@H]2[C@@H](O)[C@H](OC)OC[C@H]2O)[C@H](CO)Oc2ccccc2OC)ccc1O. The molecule has 33 heavy (non-hydrogen) atoms. The zero-order chi connectivity index (χ0) is 24.0. The lowest BCUT2D eigenvalue weighted by molar-refractivity contribution is -0.282. The van der Waals surface area contributed by atoms with Crippen molar-refractivity contribution in [1.82, 2.24) is 0 Å². The number of hydrogen-bond acceptors (Lipinski definition) is 10. The van der Waals surface area contributed by atoms with Crippen LogP contribution < -0.4 is 14.2 Å². The van der Waals surface area contributed by atoms with E-state index in [4.69, 9.17) is 28.4 Å². The van der Waals surface area contributed by atoms with Crippen LogP contribution in [-0.4, -0.2) is 85.7 Å². The number of aliphatic hydroxyl groups is 3. The minimum absolute atomic E-state index is 0.0863. The first-order chi connectivity index (χ1) is 15.9. The number of ether oxygens (including phenoxy) is 6. The van der Waals surface area contributed by atoms with Crippen LogP contribution in [0.3, 0.4) is 0 Å². The molecule has 182 valence electrons. The normalized spacial score (nSPS) is 24.7. The summed E-state index contributed by atoms with van der Waals surface area (Å²) in [6.45, 7) is -0.599. The predicted octanol–water partition coefficient (Wildman–Crippen LogP) is 1.00. The Balaban J connectivity index is 1.98. The molecule has 0 amide bonds. The Bertz CT molecular complexity index is 891. The summed E-state index contributed by atoms with van der Waals surface area (Å²) < 4.78 is 33.1. The molecule has 2 aromatic rings. The van der Waals surface area contributed by atoms with E-state index >= 15 is 0 Å². The van der Waals surface area contributed by atoms with E-state index < -0.39 is 43.4 Å². The number of hydrogen-bond donors (Lipinski definition) is 4. The number of methoxy groups -OCH3 is 3. The van der Waals surface area contributed by atoms with Crippen LogP contribution in [0.1, 0.15) is 11.7 Å². The fourth-order valence-corrected chi connectivity index (χ4v) is 3.64. The maximum atomic E-state index is 10.6. The van der Waals surface area contributed by atoms with E-state index in [1.807, 2.05) is 0 Å². The van der Waals surface area contributed by atoms with Gasteiger partial charge in [0.25, 0.3) is 0 Å². The molecular weight excluding hydrogens is 436 g/mol. The first-order valence-electron chi connectivity index (χ1n) is 10.4. The Labute approximate surface area is 191 Å². The molecule has 4 N–H and O–H groups in total. The van der Waals surface area contributed by atoms with Gasteiger partial charge in [0.2, 0.25) is 0 Å². The molecule has 10 nitrogen and oxygen atoms in total. The Kier molecular flexibility index (Phi) is 8.73. The van der Waals surface area contributed by atoms with Crippen molar-refractivity contribution in [2.24, 2.45) is 0 Å². The van der Waals surface area contributed by atoms with Gasteiger partial charge in [-0.15, -0.1) is 0 Å². The summed E-state index contributed by atoms with van der Waals surface area (Å²) >= 11 is 0. The van der Waals surface area contributed by atoms with Crippen molar-refractivity contribution in [2.75, 3.05) is 34.5 Å². The molecule has 6 atom stereocenters. The van der Waals surface area contributed by atoms with E-state index in [-0.39, 0.29) is 18.1 Å². The van der Waals surface area contributed by atoms with Crippen LogP contribution in [-0.2, 0) is 14.2 Å². The molecular formula is C23H30O10. The van der Waals surface area contributed by atoms with Crippen LogP contribution in [0.15, 0.2) is 42.5 Å². The summed E-state index contributed by atoms with van der Waals surface area (Å²) in [5.74, 6) is 0.902. The van der Waals surface area contributed by atoms with Gasteiger partial charge in [-0.2, -0.15) is 0 Å². The lowest BCUT2D eigenvalue weighted by atomic mass is 10.0. The summed E-state index contributed by atoms with van der Waals surface area (Å²) in [5, 5.41) is 41.3. The first-order valence-corrected chi connectivity index (χ1v) is 10.4. The molecule has 0 saturated carbocycles. The quantitative estimate of drug-likeness (QED) is 0.401. The number of aliphatic hydroxyl groups excluding tert-OH is 3. The highest BCUT2D eigenvalue weighted by Gasteiger charge is 2.43. The summed E-state index contributed by atoms with van der Waals surface area (Å²) in [6, 6.07) is 11.4. The summed E-state index contributed by atoms with van der Waals surface area (Å²) in [4.78, 5) is 0. The molecule has 10 heteroatoms. The molecule has 1 saturated heterocycles. The fraction of sp³-hybridized carbons (Fsp3) is 0.478. The number of phenolic OH excluding ortho intramolecular Hbond substituents is 1. The van der Waals surface area contributed by atoms with Crippen molar-refractivity contribution < 1.29 is 48.8 Å². The van der Waals surface area contributed by atoms with Crippen molar-refractivity contribution in [3.05, 3.63) is 48.0 Å². The number of phenols is 1. The average molecular weight is 466 g/mol. The number of rotatable bonds is 10. The second kappa shape index (κ2) is 11.5. The van der Waals surface area contributed by atoms with Crippen LogP contribution in [0, 0.1) is 0 Å². The molecule has 2 aromatic carbocycles. The largest absolute Gasteiger partial charge is 0.504 e. The molecule has 0 aliphatic carbocycles. The molecule has 3 rings (SSSR count). The van der Waals surface area contributed by atoms with Gasteiger partial charge in [-0.1, -0.05) is 18.2 Å². The Morgan fingerprint density at radius 3 is 2.33 bits per heavy atom. The maximum absolute atomic E-state index is 10.6. The third kappa shape index (κ3) is 5.67. The minimum atomic E-state index is -1.31. The number of benzene rings is 2. The average Bonchev–Trinajstić information content (AvgIpc) is 2.83. The lowest BCUT2D eigenvalue weighted by Gasteiger charge is -2.40. The topological polar surface area (TPSA) is 136 Å². The van der Waals surface area contributed by atoms with Crippen molar-refractivity contribution in [1.29, 1.82) is 0 Å². The number of para-hydroxylation sites is 2. The van der Waals surface area contributed by atoms with E-state index in [2.05, 4.69) is 0 Å². The molecule has 0 bridgehead atoms. The van der Waals surface area contributed by atoms with Crippen molar-refractivity contribution in [3.63, 3.8) is 0 Å². The maximum Gasteiger partial charge on any atom is 0.185 e. The molecule has 0 radical (unpaired) electrons. The minimum Gasteiger partial charge on any atom is -0.504 e. The van der Waals surface area contributed by atoms with E-state index in [1.54, 1.807) is 30.3 Å². The fourth-order valence-electron chi connectivity index (χ4n) is 3.64. The Hall–Kier alpha value is -2.60. The highest BCUT2D eigenvalue weighted by atomic mass is 16.7. The van der Waals surface area contributed by atoms with E-state index in [9.17, 15) is 20.4 Å². The second-order valence-corrected chi connectivity index (χ2v) is 7.44. The van der Waals surface area contributed by atoms with E-state index in [1.165, 1.54) is 33.5 Å². The second-order valence-electron chi connectivity index (χ2n) is 7.44. The van der Waals surface area contributed by atoms with Crippen LogP contribution in [0.25, 0.3) is 0 Å². The van der Waals surface area contributed by atoms with Gasteiger partial charge >= 0.3 is 0 Å². The Morgan fingerprint density at radius 2 is 1.70 bits per heavy atom. The monoisotopic (exact) mass is 466 g/mol. The van der Waals surface area contributed by atoms with Crippen LogP contribution in [0.2, 0.25) is 0 Å². The molecule has 1 aliphatic rings. The Morgan fingerprint density at radius 1 is 1.00 bits per heavy atom. The van der Waals surface area contributed by atoms with Gasteiger partial charge in [0.15, 0.2) is 35.4 Å². The third-order valence-electron chi connectivity index (χ3n) is 5.36. The predicted molar refractivity (Wildman–Crippen MR) is 116 cm³/mol. The van der Waals surface area contributed by atoms with Gasteiger partial charge in [-0.25, -0.2) is 0 Å². The van der Waals surface area contributed by atoms with E-state index in [0.717, 1.165) is 0 Å². The summed E-state index contributed by atoms with van der Waals surface area (Å²) in [7, 11) is 4.26. The van der Waals surface area contributed by atoms with Gasteiger partial charge in [-0.05, 0) is 29.8 Å². The zero-order valence-electron chi connectivity index (χ0n) is 18.7. The van der Waals surface area contributed by atoms with Gasteiger partial charge in [0.05, 0.1) is 27.4 Å². The third-order valence-corrected chi connectivity index (χ3v) is 5.36. The van der Waals surface area contributed by atoms with Crippen LogP contribution in [0.5, 0.6) is 23.0 Å². The first kappa shape index (κ1) is 25.0. The molecule has 1 aliphatic heterocycles.